The van der Waals surface area contributed by atoms with Crippen LogP contribution in [0.3, 0.4) is 0 Å². The Bertz CT molecular complexity index is 430. The Morgan fingerprint density at radius 3 is 2.17 bits per heavy atom. The summed E-state index contributed by atoms with van der Waals surface area (Å²) in [6.45, 7) is 10.7. The molecule has 0 aliphatic carbocycles. The predicted octanol–water partition coefficient (Wildman–Crippen LogP) is 4.04. The molecular weight excluding hydrogens is 242 g/mol. The largest absolute Gasteiger partial charge is 0.261 e. The molecule has 2 aromatic rings. The molecule has 2 rings (SSSR count). The average molecular weight is 263 g/mol. The van der Waals surface area contributed by atoms with Crippen LogP contribution in [0.2, 0.25) is 0 Å². The summed E-state index contributed by atoms with van der Waals surface area (Å²) in [6.07, 6.45) is 5.22. The molecule has 2 aromatic heterocycles. The lowest BCUT2D eigenvalue weighted by Crippen LogP contribution is -2.13. The molecule has 0 N–H and O–H groups in total. The zero-order chi connectivity index (χ0) is 13.6. The number of aromatic nitrogens is 3. The first-order chi connectivity index (χ1) is 8.41. The van der Waals surface area contributed by atoms with Gasteiger partial charge in [0.15, 0.2) is 0 Å². The van der Waals surface area contributed by atoms with Gasteiger partial charge in [0.1, 0.15) is 0 Å². The zero-order valence-corrected chi connectivity index (χ0v) is 12.5. The second-order valence-electron chi connectivity index (χ2n) is 5.42. The van der Waals surface area contributed by atoms with E-state index in [1.165, 1.54) is 17.2 Å². The van der Waals surface area contributed by atoms with Crippen molar-refractivity contribution in [2.75, 3.05) is 0 Å². The Balaban J connectivity index is 0.000000184. The number of hydrogen-bond acceptors (Lipinski definition) is 4. The Morgan fingerprint density at radius 1 is 1.17 bits per heavy atom. The van der Waals surface area contributed by atoms with E-state index in [4.69, 9.17) is 0 Å². The van der Waals surface area contributed by atoms with E-state index in [0.717, 1.165) is 5.69 Å². The van der Waals surface area contributed by atoms with E-state index >= 15 is 0 Å². The minimum Gasteiger partial charge on any atom is -0.261 e. The summed E-state index contributed by atoms with van der Waals surface area (Å²) in [7, 11) is 0. The van der Waals surface area contributed by atoms with E-state index < -0.39 is 0 Å². The van der Waals surface area contributed by atoms with Gasteiger partial charge in [0.05, 0.1) is 11.4 Å². The molecule has 0 aromatic carbocycles. The van der Waals surface area contributed by atoms with Crippen LogP contribution < -0.4 is 0 Å². The first kappa shape index (κ1) is 14.8. The van der Waals surface area contributed by atoms with Crippen molar-refractivity contribution in [3.8, 4) is 0 Å². The lowest BCUT2D eigenvalue weighted by atomic mass is 9.93. The molecule has 0 saturated heterocycles. The van der Waals surface area contributed by atoms with Crippen LogP contribution in [-0.2, 0) is 5.41 Å². The molecule has 98 valence electrons. The third kappa shape index (κ3) is 4.92. The third-order valence-corrected chi connectivity index (χ3v) is 2.95. The quantitative estimate of drug-likeness (QED) is 0.779. The summed E-state index contributed by atoms with van der Waals surface area (Å²) in [5.74, 6) is 0.584. The molecule has 0 radical (unpaired) electrons. The SMILES string of the molecule is CC(C)(C)c1cnccn1.CC(C)c1ccsn1. The summed E-state index contributed by atoms with van der Waals surface area (Å²) in [5.41, 5.74) is 2.36. The Morgan fingerprint density at radius 2 is 1.89 bits per heavy atom. The zero-order valence-electron chi connectivity index (χ0n) is 11.7. The molecule has 18 heavy (non-hydrogen) atoms. The third-order valence-electron chi connectivity index (χ3n) is 2.38. The molecule has 0 bridgehead atoms. The van der Waals surface area contributed by atoms with E-state index in [2.05, 4.69) is 55.0 Å². The van der Waals surface area contributed by atoms with Gasteiger partial charge in [-0.15, -0.1) is 0 Å². The molecule has 0 fully saturated rings. The van der Waals surface area contributed by atoms with Crippen LogP contribution in [0, 0.1) is 0 Å². The van der Waals surface area contributed by atoms with Gasteiger partial charge < -0.3 is 0 Å². The van der Waals surface area contributed by atoms with E-state index in [1.54, 1.807) is 18.6 Å². The second kappa shape index (κ2) is 6.59. The van der Waals surface area contributed by atoms with Crippen molar-refractivity contribution in [2.45, 2.75) is 46.0 Å². The van der Waals surface area contributed by atoms with Crippen molar-refractivity contribution >= 4 is 11.5 Å². The lowest BCUT2D eigenvalue weighted by molar-refractivity contribution is 0.565. The highest BCUT2D eigenvalue weighted by Crippen LogP contribution is 2.17. The predicted molar refractivity (Wildman–Crippen MR) is 76.9 cm³/mol. The fourth-order valence-electron chi connectivity index (χ4n) is 1.21. The maximum Gasteiger partial charge on any atom is 0.0640 e. The molecule has 0 spiro atoms. The first-order valence-corrected chi connectivity index (χ1v) is 6.91. The fraction of sp³-hybridized carbons (Fsp3) is 0.500. The fourth-order valence-corrected chi connectivity index (χ4v) is 1.86. The summed E-state index contributed by atoms with van der Waals surface area (Å²) in [4.78, 5) is 8.18. The molecule has 2 heterocycles. The van der Waals surface area contributed by atoms with Crippen molar-refractivity contribution in [2.24, 2.45) is 0 Å². The molecule has 4 heteroatoms. The monoisotopic (exact) mass is 263 g/mol. The van der Waals surface area contributed by atoms with E-state index in [0.29, 0.717) is 5.92 Å². The summed E-state index contributed by atoms with van der Waals surface area (Å²) in [6, 6.07) is 2.06. The van der Waals surface area contributed by atoms with Crippen LogP contribution in [-0.4, -0.2) is 14.3 Å². The molecule has 0 unspecified atom stereocenters. The van der Waals surface area contributed by atoms with Gasteiger partial charge in [-0.05, 0) is 23.5 Å². The maximum absolute atomic E-state index is 4.19. The van der Waals surface area contributed by atoms with Gasteiger partial charge in [-0.2, -0.15) is 4.37 Å². The first-order valence-electron chi connectivity index (χ1n) is 6.08. The van der Waals surface area contributed by atoms with Crippen molar-refractivity contribution in [1.82, 2.24) is 14.3 Å². The van der Waals surface area contributed by atoms with Gasteiger partial charge in [0.2, 0.25) is 0 Å². The molecule has 3 nitrogen and oxygen atoms in total. The molecule has 0 saturated carbocycles. The van der Waals surface area contributed by atoms with Crippen LogP contribution in [0.4, 0.5) is 0 Å². The van der Waals surface area contributed by atoms with Crippen LogP contribution in [0.15, 0.2) is 30.0 Å². The van der Waals surface area contributed by atoms with Gasteiger partial charge in [-0.3, -0.25) is 9.97 Å². The number of nitrogens with zero attached hydrogens (tertiary/aromatic N) is 3. The number of rotatable bonds is 1. The topological polar surface area (TPSA) is 38.7 Å². The molecule has 0 aliphatic rings. The van der Waals surface area contributed by atoms with Crippen molar-refractivity contribution in [3.63, 3.8) is 0 Å². The normalized spacial score (nSPS) is 11.0. The van der Waals surface area contributed by atoms with Crippen LogP contribution >= 0.6 is 11.5 Å². The lowest BCUT2D eigenvalue weighted by Gasteiger charge is -2.15. The summed E-state index contributed by atoms with van der Waals surface area (Å²) >= 11 is 1.52. The molecular formula is C14H21N3S. The Hall–Kier alpha value is -1.29. The van der Waals surface area contributed by atoms with Gasteiger partial charge in [0.25, 0.3) is 0 Å². The van der Waals surface area contributed by atoms with Crippen LogP contribution in [0.25, 0.3) is 0 Å². The summed E-state index contributed by atoms with van der Waals surface area (Å²) in [5, 5.41) is 2.01. The van der Waals surface area contributed by atoms with Crippen LogP contribution in [0.1, 0.15) is 51.9 Å². The van der Waals surface area contributed by atoms with E-state index in [-0.39, 0.29) is 5.41 Å². The smallest absolute Gasteiger partial charge is 0.0640 e. The van der Waals surface area contributed by atoms with Gasteiger partial charge >= 0.3 is 0 Å². The van der Waals surface area contributed by atoms with Gasteiger partial charge in [0, 0.05) is 29.4 Å². The molecule has 0 amide bonds. The van der Waals surface area contributed by atoms with Crippen LogP contribution in [0.5, 0.6) is 0 Å². The van der Waals surface area contributed by atoms with Gasteiger partial charge in [-0.1, -0.05) is 34.6 Å². The van der Waals surface area contributed by atoms with Gasteiger partial charge in [-0.25, -0.2) is 0 Å². The highest BCUT2D eigenvalue weighted by molar-refractivity contribution is 7.03. The molecule has 0 aliphatic heterocycles. The standard InChI is InChI=1S/C8H12N2.C6H9NS/c1-8(2,3)7-6-9-4-5-10-7;1-5(2)6-3-4-8-7-6/h4-6H,1-3H3;3-5H,1-2H3. The maximum atomic E-state index is 4.19. The Labute approximate surface area is 113 Å². The van der Waals surface area contributed by atoms with E-state index in [1.807, 2.05) is 5.38 Å². The Kier molecular flexibility index (Phi) is 5.41. The summed E-state index contributed by atoms with van der Waals surface area (Å²) < 4.78 is 4.16. The van der Waals surface area contributed by atoms with Crippen molar-refractivity contribution in [3.05, 3.63) is 41.4 Å². The second-order valence-corrected chi connectivity index (χ2v) is 6.09. The minimum absolute atomic E-state index is 0.119. The number of hydrogen-bond donors (Lipinski definition) is 0. The highest BCUT2D eigenvalue weighted by atomic mass is 32.1. The van der Waals surface area contributed by atoms with E-state index in [9.17, 15) is 0 Å². The van der Waals surface area contributed by atoms with Crippen molar-refractivity contribution in [1.29, 1.82) is 0 Å². The average Bonchev–Trinajstić information content (AvgIpc) is 2.83. The highest BCUT2D eigenvalue weighted by Gasteiger charge is 2.14. The molecule has 0 atom stereocenters. The minimum atomic E-state index is 0.119. The van der Waals surface area contributed by atoms with Crippen molar-refractivity contribution < 1.29 is 0 Å².